The number of aromatic hydroxyl groups is 1. The Morgan fingerprint density at radius 2 is 1.48 bits per heavy atom. The molecule has 0 spiro atoms. The number of carbonyl (C=O) groups is 3. The first kappa shape index (κ1) is 23.3. The summed E-state index contributed by atoms with van der Waals surface area (Å²) in [5.74, 6) is -1.62. The minimum Gasteiger partial charge on any atom is -0.506 e. The van der Waals surface area contributed by atoms with Crippen molar-refractivity contribution < 1.29 is 29.0 Å². The molecule has 0 fully saturated rings. The van der Waals surface area contributed by atoms with Gasteiger partial charge in [-0.15, -0.1) is 0 Å². The molecular formula is C24H23N3O6. The molecule has 1 aromatic heterocycles. The van der Waals surface area contributed by atoms with Gasteiger partial charge in [0.1, 0.15) is 30.7 Å². The van der Waals surface area contributed by atoms with Crippen molar-refractivity contribution in [1.29, 1.82) is 0 Å². The molecular weight excluding hydrogens is 426 g/mol. The van der Waals surface area contributed by atoms with Gasteiger partial charge < -0.3 is 25.2 Å². The number of esters is 1. The number of hydrogen-bond acceptors (Lipinski definition) is 7. The summed E-state index contributed by atoms with van der Waals surface area (Å²) in [6.07, 6.45) is 1.30. The van der Waals surface area contributed by atoms with Crippen LogP contribution in [0.3, 0.4) is 0 Å². The molecule has 170 valence electrons. The fourth-order valence-electron chi connectivity index (χ4n) is 2.80. The van der Waals surface area contributed by atoms with E-state index in [1.54, 1.807) is 48.5 Å². The van der Waals surface area contributed by atoms with Gasteiger partial charge in [0.05, 0.1) is 12.6 Å². The highest BCUT2D eigenvalue weighted by molar-refractivity contribution is 5.96. The summed E-state index contributed by atoms with van der Waals surface area (Å²) in [5, 5.41) is 14.6. The largest absolute Gasteiger partial charge is 0.506 e. The molecule has 3 aromatic rings. The molecule has 1 atom stereocenters. The minimum atomic E-state index is -1.31. The van der Waals surface area contributed by atoms with Gasteiger partial charge in [-0.2, -0.15) is 0 Å². The van der Waals surface area contributed by atoms with E-state index >= 15 is 0 Å². The van der Waals surface area contributed by atoms with Crippen LogP contribution in [0, 0.1) is 0 Å². The third-order valence-electron chi connectivity index (χ3n) is 4.47. The smallest absolute Gasteiger partial charge is 0.408 e. The zero-order chi connectivity index (χ0) is 23.5. The number of benzene rings is 2. The third-order valence-corrected chi connectivity index (χ3v) is 4.47. The first-order valence-corrected chi connectivity index (χ1v) is 10.1. The molecule has 0 bridgehead atoms. The Morgan fingerprint density at radius 1 is 0.879 bits per heavy atom. The van der Waals surface area contributed by atoms with Crippen molar-refractivity contribution in [3.05, 3.63) is 90.3 Å². The van der Waals surface area contributed by atoms with Gasteiger partial charge in [-0.05, 0) is 11.1 Å². The fraction of sp³-hybridized carbons (Fsp3) is 0.167. The standard InChI is InChI=1S/C24H23N3O6/c28-21-11-12-25-14-20(21)26-22(29)13-19(23(30)32-15-17-7-3-1-4-8-17)27-24(31)33-16-18-9-5-2-6-10-18/h1-12,14,19H,13,15-16H2,(H,25,28)(H,26,29)(H,27,31). The lowest BCUT2D eigenvalue weighted by molar-refractivity contribution is -0.148. The van der Waals surface area contributed by atoms with Crippen molar-refractivity contribution in [2.75, 3.05) is 5.32 Å². The van der Waals surface area contributed by atoms with Crippen molar-refractivity contribution >= 4 is 23.7 Å². The van der Waals surface area contributed by atoms with E-state index < -0.39 is 30.4 Å². The van der Waals surface area contributed by atoms with Crippen molar-refractivity contribution in [3.63, 3.8) is 0 Å². The molecule has 2 aromatic carbocycles. The van der Waals surface area contributed by atoms with Crippen LogP contribution in [0.1, 0.15) is 17.5 Å². The second-order valence-electron chi connectivity index (χ2n) is 7.00. The molecule has 1 heterocycles. The number of anilines is 1. The van der Waals surface area contributed by atoms with Gasteiger partial charge in [-0.25, -0.2) is 9.59 Å². The maximum Gasteiger partial charge on any atom is 0.408 e. The number of nitrogens with one attached hydrogen (secondary N) is 2. The zero-order valence-corrected chi connectivity index (χ0v) is 17.6. The summed E-state index contributed by atoms with van der Waals surface area (Å²) in [4.78, 5) is 41.2. The number of amides is 2. The first-order chi connectivity index (χ1) is 16.0. The van der Waals surface area contributed by atoms with E-state index in [0.29, 0.717) is 0 Å². The predicted octanol–water partition coefficient (Wildman–Crippen LogP) is 3.15. The highest BCUT2D eigenvalue weighted by Crippen LogP contribution is 2.20. The van der Waals surface area contributed by atoms with Crippen LogP contribution in [0.5, 0.6) is 5.75 Å². The Hall–Kier alpha value is -4.40. The van der Waals surface area contributed by atoms with Crippen LogP contribution < -0.4 is 10.6 Å². The highest BCUT2D eigenvalue weighted by Gasteiger charge is 2.26. The molecule has 3 rings (SSSR count). The molecule has 0 aliphatic rings. The summed E-state index contributed by atoms with van der Waals surface area (Å²) in [6, 6.07) is 18.0. The summed E-state index contributed by atoms with van der Waals surface area (Å²) in [7, 11) is 0. The number of ether oxygens (including phenoxy) is 2. The number of pyridine rings is 1. The Bertz CT molecular complexity index is 1080. The van der Waals surface area contributed by atoms with E-state index in [1.165, 1.54) is 18.5 Å². The molecule has 0 saturated heterocycles. The number of nitrogens with zero attached hydrogens (tertiary/aromatic N) is 1. The van der Waals surface area contributed by atoms with Crippen molar-refractivity contribution in [1.82, 2.24) is 10.3 Å². The SMILES string of the molecule is O=C(CC(NC(=O)OCc1ccccc1)C(=O)OCc1ccccc1)Nc1cnccc1O. The van der Waals surface area contributed by atoms with E-state index in [4.69, 9.17) is 9.47 Å². The number of aromatic nitrogens is 1. The Morgan fingerprint density at radius 3 is 2.09 bits per heavy atom. The molecule has 2 amide bonds. The van der Waals surface area contributed by atoms with E-state index in [1.807, 2.05) is 12.1 Å². The van der Waals surface area contributed by atoms with E-state index in [-0.39, 0.29) is 24.7 Å². The van der Waals surface area contributed by atoms with Crippen LogP contribution in [0.25, 0.3) is 0 Å². The average molecular weight is 449 g/mol. The van der Waals surface area contributed by atoms with Gasteiger partial charge >= 0.3 is 12.1 Å². The average Bonchev–Trinajstić information content (AvgIpc) is 2.83. The lowest BCUT2D eigenvalue weighted by Gasteiger charge is -2.18. The van der Waals surface area contributed by atoms with Gasteiger partial charge in [-0.3, -0.25) is 9.78 Å². The molecule has 0 radical (unpaired) electrons. The predicted molar refractivity (Wildman–Crippen MR) is 119 cm³/mol. The van der Waals surface area contributed by atoms with Crippen LogP contribution in [0.15, 0.2) is 79.1 Å². The van der Waals surface area contributed by atoms with Gasteiger partial charge in [0, 0.05) is 12.3 Å². The van der Waals surface area contributed by atoms with E-state index in [2.05, 4.69) is 15.6 Å². The summed E-state index contributed by atoms with van der Waals surface area (Å²) < 4.78 is 10.4. The quantitative estimate of drug-likeness (QED) is 0.428. The first-order valence-electron chi connectivity index (χ1n) is 10.1. The molecule has 0 saturated carbocycles. The topological polar surface area (TPSA) is 127 Å². The third kappa shape index (κ3) is 7.66. The second-order valence-corrected chi connectivity index (χ2v) is 7.00. The minimum absolute atomic E-state index is 0.00574. The Labute approximate surface area is 190 Å². The molecule has 9 heteroatoms. The van der Waals surface area contributed by atoms with Gasteiger partial charge in [-0.1, -0.05) is 60.7 Å². The van der Waals surface area contributed by atoms with Crippen molar-refractivity contribution in [3.8, 4) is 5.75 Å². The lowest BCUT2D eigenvalue weighted by atomic mass is 10.2. The molecule has 1 unspecified atom stereocenters. The van der Waals surface area contributed by atoms with Gasteiger partial charge in [0.15, 0.2) is 0 Å². The van der Waals surface area contributed by atoms with Crippen molar-refractivity contribution in [2.24, 2.45) is 0 Å². The van der Waals surface area contributed by atoms with Crippen LogP contribution in [0.2, 0.25) is 0 Å². The zero-order valence-electron chi connectivity index (χ0n) is 17.6. The van der Waals surface area contributed by atoms with Crippen LogP contribution in [-0.2, 0) is 32.3 Å². The number of hydrogen-bond donors (Lipinski definition) is 3. The number of carbonyl (C=O) groups excluding carboxylic acids is 3. The Kier molecular flexibility index (Phi) is 8.35. The highest BCUT2D eigenvalue weighted by atomic mass is 16.6. The van der Waals surface area contributed by atoms with Gasteiger partial charge in [0.2, 0.25) is 5.91 Å². The summed E-state index contributed by atoms with van der Waals surface area (Å²) >= 11 is 0. The molecule has 9 nitrogen and oxygen atoms in total. The molecule has 0 aliphatic carbocycles. The van der Waals surface area contributed by atoms with Crippen LogP contribution in [0.4, 0.5) is 10.5 Å². The van der Waals surface area contributed by atoms with E-state index in [9.17, 15) is 19.5 Å². The fourth-order valence-corrected chi connectivity index (χ4v) is 2.80. The maximum absolute atomic E-state index is 12.6. The normalized spacial score (nSPS) is 11.2. The number of rotatable bonds is 9. The van der Waals surface area contributed by atoms with Crippen molar-refractivity contribution in [2.45, 2.75) is 25.7 Å². The summed E-state index contributed by atoms with van der Waals surface area (Å²) in [6.45, 7) is -0.0316. The Balaban J connectivity index is 1.62. The lowest BCUT2D eigenvalue weighted by Crippen LogP contribution is -2.44. The maximum atomic E-state index is 12.6. The van der Waals surface area contributed by atoms with Crippen LogP contribution >= 0.6 is 0 Å². The monoisotopic (exact) mass is 449 g/mol. The van der Waals surface area contributed by atoms with Gasteiger partial charge in [0.25, 0.3) is 0 Å². The van der Waals surface area contributed by atoms with E-state index in [0.717, 1.165) is 11.1 Å². The second kappa shape index (κ2) is 11.8. The molecule has 33 heavy (non-hydrogen) atoms. The van der Waals surface area contributed by atoms with Crippen LogP contribution in [-0.4, -0.2) is 34.1 Å². The molecule has 3 N–H and O–H groups in total. The number of alkyl carbamates (subject to hydrolysis) is 1. The summed E-state index contributed by atoms with van der Waals surface area (Å²) in [5.41, 5.74) is 1.59. The molecule has 0 aliphatic heterocycles.